The molecule has 0 bridgehead atoms. The van der Waals surface area contributed by atoms with Crippen molar-refractivity contribution in [2.24, 2.45) is 5.92 Å². The number of hydrogen-bond acceptors (Lipinski definition) is 7. The van der Waals surface area contributed by atoms with E-state index in [1.54, 1.807) is 26.1 Å². The van der Waals surface area contributed by atoms with Crippen molar-refractivity contribution in [1.29, 1.82) is 0 Å². The molecule has 3 rings (SSSR count). The zero-order chi connectivity index (χ0) is 24.2. The molecule has 33 heavy (non-hydrogen) atoms. The summed E-state index contributed by atoms with van der Waals surface area (Å²) in [6.45, 7) is 5.45. The maximum Gasteiger partial charge on any atom is 0.273 e. The van der Waals surface area contributed by atoms with Crippen LogP contribution in [0.5, 0.6) is 5.75 Å². The minimum Gasteiger partial charge on any atom is -0.487 e. The lowest BCUT2D eigenvalue weighted by Gasteiger charge is -2.37. The first-order chi connectivity index (χ1) is 15.7. The van der Waals surface area contributed by atoms with Crippen LogP contribution in [0, 0.1) is 5.92 Å². The molecule has 3 atom stereocenters. The van der Waals surface area contributed by atoms with Gasteiger partial charge in [-0.05, 0) is 31.5 Å². The lowest BCUT2D eigenvalue weighted by molar-refractivity contribution is 0.0559. The normalized spacial score (nSPS) is 21.5. The second kappa shape index (κ2) is 10.4. The zero-order valence-electron chi connectivity index (χ0n) is 19.2. The Labute approximate surface area is 194 Å². The Hall–Kier alpha value is -2.82. The molecule has 9 nitrogen and oxygen atoms in total. The van der Waals surface area contributed by atoms with Gasteiger partial charge in [-0.15, -0.1) is 0 Å². The quantitative estimate of drug-likeness (QED) is 0.682. The van der Waals surface area contributed by atoms with Crippen LogP contribution in [0.2, 0.25) is 0 Å². The van der Waals surface area contributed by atoms with E-state index < -0.39 is 22.2 Å². The van der Waals surface area contributed by atoms with Crippen LogP contribution in [0.1, 0.15) is 36.8 Å². The second-order valence-corrected chi connectivity index (χ2v) is 10.1. The summed E-state index contributed by atoms with van der Waals surface area (Å²) in [4.78, 5) is 22.3. The van der Waals surface area contributed by atoms with Gasteiger partial charge in [-0.2, -0.15) is 4.31 Å². The number of aromatic nitrogens is 2. The van der Waals surface area contributed by atoms with Crippen molar-refractivity contribution in [3.63, 3.8) is 0 Å². The van der Waals surface area contributed by atoms with Crippen molar-refractivity contribution in [2.75, 3.05) is 26.7 Å². The van der Waals surface area contributed by atoms with Gasteiger partial charge in [-0.3, -0.25) is 9.78 Å². The molecule has 0 spiro atoms. The van der Waals surface area contributed by atoms with Gasteiger partial charge in [0, 0.05) is 37.9 Å². The van der Waals surface area contributed by atoms with Gasteiger partial charge in [0.2, 0.25) is 10.0 Å². The Morgan fingerprint density at radius 2 is 2.15 bits per heavy atom. The summed E-state index contributed by atoms with van der Waals surface area (Å²) in [5, 5.41) is 9.73. The fourth-order valence-electron chi connectivity index (χ4n) is 3.71. The molecule has 1 aliphatic rings. The van der Waals surface area contributed by atoms with Crippen molar-refractivity contribution >= 4 is 22.0 Å². The van der Waals surface area contributed by atoms with Crippen molar-refractivity contribution in [3.8, 4) is 5.75 Å². The highest BCUT2D eigenvalue weighted by Gasteiger charge is 2.38. The van der Waals surface area contributed by atoms with Crippen LogP contribution < -0.4 is 4.74 Å². The van der Waals surface area contributed by atoms with E-state index in [4.69, 9.17) is 4.74 Å². The number of aliphatic hydroxyl groups is 1. The van der Waals surface area contributed by atoms with E-state index in [1.165, 1.54) is 33.9 Å². The number of sulfonamides is 1. The van der Waals surface area contributed by atoms with Gasteiger partial charge < -0.3 is 14.7 Å². The maximum atomic E-state index is 13.5. The molecule has 0 unspecified atom stereocenters. The number of benzene rings is 1. The minimum absolute atomic E-state index is 0.0378. The van der Waals surface area contributed by atoms with E-state index in [0.29, 0.717) is 0 Å². The molecule has 0 aliphatic carbocycles. The van der Waals surface area contributed by atoms with Crippen molar-refractivity contribution in [2.45, 2.75) is 37.8 Å². The SMILES string of the molecule is CC=Cc1ccc2c(c1)O[C@@H](CN(C)C(=O)c1cnccn1)[C@H](C)CN([C@H](C)CO)S2(=O)=O. The average molecular weight is 475 g/mol. The zero-order valence-corrected chi connectivity index (χ0v) is 20.1. The van der Waals surface area contributed by atoms with Crippen LogP contribution in [0.4, 0.5) is 0 Å². The smallest absolute Gasteiger partial charge is 0.273 e. The number of nitrogens with zero attached hydrogens (tertiary/aromatic N) is 4. The Morgan fingerprint density at radius 3 is 2.79 bits per heavy atom. The number of hydrogen-bond donors (Lipinski definition) is 1. The van der Waals surface area contributed by atoms with Crippen LogP contribution in [0.25, 0.3) is 6.08 Å². The predicted molar refractivity (Wildman–Crippen MR) is 124 cm³/mol. The van der Waals surface area contributed by atoms with Crippen LogP contribution in [0.15, 0.2) is 47.8 Å². The van der Waals surface area contributed by atoms with Crippen LogP contribution in [-0.4, -0.2) is 77.5 Å². The van der Waals surface area contributed by atoms with Gasteiger partial charge in [-0.1, -0.05) is 25.1 Å². The number of fused-ring (bicyclic) bond motifs is 1. The van der Waals surface area contributed by atoms with Gasteiger partial charge >= 0.3 is 0 Å². The Kier molecular flexibility index (Phi) is 7.83. The number of ether oxygens (including phenoxy) is 1. The van der Waals surface area contributed by atoms with E-state index >= 15 is 0 Å². The third kappa shape index (κ3) is 5.40. The van der Waals surface area contributed by atoms with Crippen LogP contribution >= 0.6 is 0 Å². The lowest BCUT2D eigenvalue weighted by Crippen LogP contribution is -2.50. The largest absolute Gasteiger partial charge is 0.487 e. The molecule has 178 valence electrons. The molecular formula is C23H30N4O5S. The second-order valence-electron chi connectivity index (χ2n) is 8.22. The molecule has 0 saturated heterocycles. The van der Waals surface area contributed by atoms with Crippen molar-refractivity contribution < 1.29 is 23.1 Å². The topological polar surface area (TPSA) is 113 Å². The Morgan fingerprint density at radius 1 is 1.39 bits per heavy atom. The molecule has 0 saturated carbocycles. The van der Waals surface area contributed by atoms with Gasteiger partial charge in [0.15, 0.2) is 0 Å². The number of allylic oxidation sites excluding steroid dienone is 1. The number of aliphatic hydroxyl groups excluding tert-OH is 1. The van der Waals surface area contributed by atoms with E-state index in [2.05, 4.69) is 9.97 Å². The van der Waals surface area contributed by atoms with Crippen LogP contribution in [-0.2, 0) is 10.0 Å². The van der Waals surface area contributed by atoms with Gasteiger partial charge in [-0.25, -0.2) is 13.4 Å². The van der Waals surface area contributed by atoms with Crippen molar-refractivity contribution in [1.82, 2.24) is 19.2 Å². The Bertz CT molecular complexity index is 1110. The summed E-state index contributed by atoms with van der Waals surface area (Å²) in [7, 11) is -2.26. The highest BCUT2D eigenvalue weighted by molar-refractivity contribution is 7.89. The fourth-order valence-corrected chi connectivity index (χ4v) is 5.54. The molecular weight excluding hydrogens is 444 g/mol. The summed E-state index contributed by atoms with van der Waals surface area (Å²) in [5.41, 5.74) is 1.01. The fraction of sp³-hybridized carbons (Fsp3) is 0.435. The molecule has 2 heterocycles. The van der Waals surface area contributed by atoms with Gasteiger partial charge in [0.25, 0.3) is 5.91 Å². The summed E-state index contributed by atoms with van der Waals surface area (Å²) in [6, 6.07) is 4.31. The first-order valence-corrected chi connectivity index (χ1v) is 12.2. The van der Waals surface area contributed by atoms with E-state index in [-0.39, 0.29) is 47.9 Å². The Balaban J connectivity index is 2.01. The standard InChI is InChI=1S/C23H30N4O5S/c1-5-6-18-7-8-22-20(11-18)32-21(14-26(4)23(29)19-12-24-9-10-25-19)16(2)13-27(17(3)15-28)33(22,30)31/h5-12,16-17,21,28H,13-15H2,1-4H3/t16-,17-,21+/m1/s1. The summed E-state index contributed by atoms with van der Waals surface area (Å²) in [5.74, 6) is -0.362. The van der Waals surface area contributed by atoms with E-state index in [1.807, 2.05) is 26.0 Å². The number of likely N-dealkylation sites (N-methyl/N-ethyl adjacent to an activating group) is 1. The molecule has 10 heteroatoms. The first kappa shape index (κ1) is 24.8. The summed E-state index contributed by atoms with van der Waals surface area (Å²) in [6.07, 6.45) is 7.55. The van der Waals surface area contributed by atoms with Gasteiger partial charge in [0.05, 0.1) is 19.3 Å². The number of rotatable bonds is 6. The molecule has 1 aliphatic heterocycles. The molecule has 1 N–H and O–H groups in total. The molecule has 1 aromatic carbocycles. The molecule has 1 aromatic heterocycles. The summed E-state index contributed by atoms with van der Waals surface area (Å²) < 4.78 is 34.5. The molecule has 1 amide bonds. The van der Waals surface area contributed by atoms with Crippen LogP contribution in [0.3, 0.4) is 0 Å². The van der Waals surface area contributed by atoms with E-state index in [9.17, 15) is 18.3 Å². The lowest BCUT2D eigenvalue weighted by atomic mass is 10.0. The molecule has 0 fully saturated rings. The average Bonchev–Trinajstić information content (AvgIpc) is 2.81. The highest BCUT2D eigenvalue weighted by atomic mass is 32.2. The molecule has 0 radical (unpaired) electrons. The third-order valence-corrected chi connectivity index (χ3v) is 7.65. The van der Waals surface area contributed by atoms with Gasteiger partial charge in [0.1, 0.15) is 22.4 Å². The monoisotopic (exact) mass is 474 g/mol. The van der Waals surface area contributed by atoms with E-state index in [0.717, 1.165) is 5.56 Å². The number of carbonyl (C=O) groups excluding carboxylic acids is 1. The number of amides is 1. The third-order valence-electron chi connectivity index (χ3n) is 5.63. The molecule has 2 aromatic rings. The minimum atomic E-state index is -3.90. The highest BCUT2D eigenvalue weighted by Crippen LogP contribution is 2.34. The number of carbonyl (C=O) groups is 1. The first-order valence-electron chi connectivity index (χ1n) is 10.8. The predicted octanol–water partition coefficient (Wildman–Crippen LogP) is 2.05. The maximum absolute atomic E-state index is 13.5. The van der Waals surface area contributed by atoms with Crippen molar-refractivity contribution in [3.05, 3.63) is 54.1 Å². The summed E-state index contributed by atoms with van der Waals surface area (Å²) >= 11 is 0.